The van der Waals surface area contributed by atoms with Gasteiger partial charge in [0.2, 0.25) is 0 Å². The molecule has 4 fully saturated rings. The van der Waals surface area contributed by atoms with Gasteiger partial charge in [-0.15, -0.1) is 0 Å². The first kappa shape index (κ1) is 18.0. The van der Waals surface area contributed by atoms with E-state index in [-0.39, 0.29) is 0 Å². The Morgan fingerprint density at radius 3 is 2.28 bits per heavy atom. The largest absolute Gasteiger partial charge is 0.343 e. The molecule has 4 aliphatic rings. The van der Waals surface area contributed by atoms with Crippen LogP contribution in [0.3, 0.4) is 0 Å². The molecule has 2 aromatic carbocycles. The van der Waals surface area contributed by atoms with Crippen molar-refractivity contribution in [3.63, 3.8) is 0 Å². The smallest absolute Gasteiger partial charge is 0.0491 e. The number of nitrogens with one attached hydrogen (secondary N) is 1. The molecule has 4 bridgehead atoms. The zero-order chi connectivity index (χ0) is 19.4. The molecule has 0 amide bonds. The van der Waals surface area contributed by atoms with Crippen molar-refractivity contribution in [2.75, 3.05) is 0 Å². The molecule has 2 nitrogen and oxygen atoms in total. The lowest BCUT2D eigenvalue weighted by molar-refractivity contribution is -0.0142. The van der Waals surface area contributed by atoms with Gasteiger partial charge in [-0.1, -0.05) is 48.0 Å². The molecule has 0 atom stereocenters. The zero-order valence-corrected chi connectivity index (χ0v) is 17.6. The summed E-state index contributed by atoms with van der Waals surface area (Å²) in [5.41, 5.74) is 3.89. The third kappa shape index (κ3) is 3.21. The molecule has 0 radical (unpaired) electrons. The van der Waals surface area contributed by atoms with Crippen molar-refractivity contribution in [1.82, 2.24) is 9.88 Å². The van der Waals surface area contributed by atoms with Gasteiger partial charge in [-0.2, -0.15) is 0 Å². The highest BCUT2D eigenvalue weighted by Crippen LogP contribution is 2.53. The van der Waals surface area contributed by atoms with Gasteiger partial charge in [0, 0.05) is 41.3 Å². The Balaban J connectivity index is 1.25. The van der Waals surface area contributed by atoms with Crippen LogP contribution in [0.15, 0.2) is 54.7 Å². The van der Waals surface area contributed by atoms with Crippen LogP contribution in [0.5, 0.6) is 0 Å². The van der Waals surface area contributed by atoms with E-state index < -0.39 is 0 Å². The number of aromatic nitrogens is 1. The lowest BCUT2D eigenvalue weighted by Gasteiger charge is -2.54. The molecule has 0 unspecified atom stereocenters. The lowest BCUT2D eigenvalue weighted by Crippen LogP contribution is -2.54. The van der Waals surface area contributed by atoms with Gasteiger partial charge >= 0.3 is 0 Å². The van der Waals surface area contributed by atoms with Crippen LogP contribution < -0.4 is 5.32 Å². The maximum atomic E-state index is 6.44. The number of hydrogen-bond acceptors (Lipinski definition) is 1. The Morgan fingerprint density at radius 2 is 1.52 bits per heavy atom. The maximum Gasteiger partial charge on any atom is 0.0491 e. The van der Waals surface area contributed by atoms with E-state index in [2.05, 4.69) is 52.5 Å². The molecule has 1 aromatic heterocycles. The molecule has 3 heteroatoms. The number of fused-ring (bicyclic) bond motifs is 1. The van der Waals surface area contributed by atoms with Crippen LogP contribution >= 0.6 is 11.6 Å². The fourth-order valence-electron chi connectivity index (χ4n) is 6.89. The minimum atomic E-state index is 0.730. The van der Waals surface area contributed by atoms with Gasteiger partial charge in [0.15, 0.2) is 0 Å². The molecule has 0 aliphatic heterocycles. The number of nitrogens with zero attached hydrogens (tertiary/aromatic N) is 1. The Bertz CT molecular complexity index is 1010. The van der Waals surface area contributed by atoms with Gasteiger partial charge in [0.05, 0.1) is 0 Å². The Morgan fingerprint density at radius 1 is 0.828 bits per heavy atom. The quantitative estimate of drug-likeness (QED) is 0.531. The van der Waals surface area contributed by atoms with E-state index >= 15 is 0 Å². The normalized spacial score (nSPS) is 30.3. The summed E-state index contributed by atoms with van der Waals surface area (Å²) in [5.74, 6) is 3.91. The Kier molecular flexibility index (Phi) is 4.46. The fraction of sp³-hybridized carbons (Fsp3) is 0.462. The summed E-state index contributed by atoms with van der Waals surface area (Å²) in [6, 6.07) is 17.7. The predicted molar refractivity (Wildman–Crippen MR) is 120 cm³/mol. The van der Waals surface area contributed by atoms with Crippen LogP contribution in [0.4, 0.5) is 0 Å². The van der Waals surface area contributed by atoms with Crippen LogP contribution in [0, 0.1) is 23.7 Å². The molecule has 150 valence electrons. The van der Waals surface area contributed by atoms with Crippen LogP contribution in [-0.2, 0) is 13.1 Å². The minimum absolute atomic E-state index is 0.730. The second-order valence-corrected chi connectivity index (χ2v) is 10.1. The maximum absolute atomic E-state index is 6.44. The van der Waals surface area contributed by atoms with E-state index in [0.29, 0.717) is 0 Å². The standard InChI is InChI=1S/C26H29ClN2/c27-24-7-3-1-5-19(24)15-29-16-22(23-6-2-4-8-25(23)29)14-28-26-20-10-17-9-18(12-20)13-21(26)11-17/h1-8,16-18,20-21,26,28H,9-15H2. The molecular weight excluding hydrogens is 376 g/mol. The van der Waals surface area contributed by atoms with Crippen molar-refractivity contribution in [2.45, 2.75) is 51.2 Å². The highest BCUT2D eigenvalue weighted by molar-refractivity contribution is 6.31. The van der Waals surface area contributed by atoms with E-state index in [1.807, 2.05) is 12.1 Å². The van der Waals surface area contributed by atoms with Crippen molar-refractivity contribution in [2.24, 2.45) is 23.7 Å². The fourth-order valence-corrected chi connectivity index (χ4v) is 7.09. The van der Waals surface area contributed by atoms with E-state index in [9.17, 15) is 0 Å². The van der Waals surface area contributed by atoms with E-state index in [1.165, 1.54) is 54.1 Å². The minimum Gasteiger partial charge on any atom is -0.343 e. The Labute approximate surface area is 178 Å². The highest BCUT2D eigenvalue weighted by Gasteiger charge is 2.47. The van der Waals surface area contributed by atoms with Gasteiger partial charge in [-0.25, -0.2) is 0 Å². The number of hydrogen-bond donors (Lipinski definition) is 1. The van der Waals surface area contributed by atoms with Crippen LogP contribution in [0.25, 0.3) is 10.9 Å². The van der Waals surface area contributed by atoms with Crippen molar-refractivity contribution >= 4 is 22.5 Å². The molecule has 0 spiro atoms. The summed E-state index contributed by atoms with van der Waals surface area (Å²) in [6.45, 7) is 1.79. The Hall–Kier alpha value is -1.77. The predicted octanol–water partition coefficient (Wildman–Crippen LogP) is 6.26. The number of benzene rings is 2. The summed E-state index contributed by atoms with van der Waals surface area (Å²) in [4.78, 5) is 0. The summed E-state index contributed by atoms with van der Waals surface area (Å²) < 4.78 is 2.37. The van der Waals surface area contributed by atoms with Crippen LogP contribution in [0.2, 0.25) is 5.02 Å². The third-order valence-electron chi connectivity index (χ3n) is 7.92. The van der Waals surface area contributed by atoms with Crippen molar-refractivity contribution in [3.05, 3.63) is 70.9 Å². The average molecular weight is 405 g/mol. The van der Waals surface area contributed by atoms with Gasteiger partial charge < -0.3 is 9.88 Å². The molecule has 1 heterocycles. The molecule has 4 aliphatic carbocycles. The molecule has 3 aromatic rings. The van der Waals surface area contributed by atoms with E-state index in [0.717, 1.165) is 47.8 Å². The molecule has 29 heavy (non-hydrogen) atoms. The lowest BCUT2D eigenvalue weighted by atomic mass is 9.54. The molecule has 4 saturated carbocycles. The van der Waals surface area contributed by atoms with Crippen LogP contribution in [0.1, 0.15) is 43.2 Å². The number of halogens is 1. The van der Waals surface area contributed by atoms with E-state index in [1.54, 1.807) is 0 Å². The second kappa shape index (κ2) is 7.18. The van der Waals surface area contributed by atoms with Crippen molar-refractivity contribution < 1.29 is 0 Å². The zero-order valence-electron chi connectivity index (χ0n) is 16.9. The highest BCUT2D eigenvalue weighted by atomic mass is 35.5. The van der Waals surface area contributed by atoms with Gasteiger partial charge in [-0.05, 0) is 79.0 Å². The topological polar surface area (TPSA) is 17.0 Å². The molecule has 0 saturated heterocycles. The van der Waals surface area contributed by atoms with Gasteiger partial charge in [0.1, 0.15) is 0 Å². The first-order valence-corrected chi connectivity index (χ1v) is 11.7. The van der Waals surface area contributed by atoms with Crippen LogP contribution in [-0.4, -0.2) is 10.6 Å². The first-order chi connectivity index (χ1) is 14.2. The van der Waals surface area contributed by atoms with Gasteiger partial charge in [-0.3, -0.25) is 0 Å². The number of rotatable bonds is 5. The SMILES string of the molecule is Clc1ccccc1Cn1cc(CNC2C3CC4CC(C3)CC2C4)c2ccccc21. The third-order valence-corrected chi connectivity index (χ3v) is 8.29. The monoisotopic (exact) mass is 404 g/mol. The van der Waals surface area contributed by atoms with Gasteiger partial charge in [0.25, 0.3) is 0 Å². The summed E-state index contributed by atoms with van der Waals surface area (Å²) >= 11 is 6.44. The molecule has 7 rings (SSSR count). The summed E-state index contributed by atoms with van der Waals surface area (Å²) in [6.07, 6.45) is 9.75. The number of para-hydroxylation sites is 1. The van der Waals surface area contributed by atoms with E-state index in [4.69, 9.17) is 11.6 Å². The second-order valence-electron chi connectivity index (χ2n) is 9.73. The van der Waals surface area contributed by atoms with Crippen molar-refractivity contribution in [3.8, 4) is 0 Å². The molecular formula is C26H29ClN2. The average Bonchev–Trinajstić information content (AvgIpc) is 3.06. The van der Waals surface area contributed by atoms with Crippen molar-refractivity contribution in [1.29, 1.82) is 0 Å². The first-order valence-electron chi connectivity index (χ1n) is 11.3. The summed E-state index contributed by atoms with van der Waals surface area (Å²) in [5, 5.41) is 6.24. The molecule has 1 N–H and O–H groups in total. The summed E-state index contributed by atoms with van der Waals surface area (Å²) in [7, 11) is 0.